The molecule has 0 atom stereocenters. The minimum absolute atomic E-state index is 0.00449. The molecule has 5 nitrogen and oxygen atoms in total. The van der Waals surface area contributed by atoms with E-state index < -0.39 is 0 Å². The lowest BCUT2D eigenvalue weighted by Gasteiger charge is -2.47. The molecule has 0 N–H and O–H groups in total. The molecule has 4 heterocycles. The molecular formula is C88H90BN3O2. The summed E-state index contributed by atoms with van der Waals surface area (Å²) in [5.41, 5.74) is 28.8. The number of hydrogen-bond acceptors (Lipinski definition) is 5. The van der Waals surface area contributed by atoms with Gasteiger partial charge in [0, 0.05) is 72.9 Å². The number of nitrogens with zero attached hydrogens (tertiary/aromatic N) is 3. The molecule has 0 saturated carbocycles. The van der Waals surface area contributed by atoms with Crippen LogP contribution in [0.5, 0.6) is 0 Å². The lowest BCUT2D eigenvalue weighted by Crippen LogP contribution is -2.61. The maximum Gasteiger partial charge on any atom is 0.333 e. The van der Waals surface area contributed by atoms with Gasteiger partial charge in [-0.2, -0.15) is 0 Å². The number of fused-ring (bicyclic) bond motifs is 14. The van der Waals surface area contributed by atoms with Crippen LogP contribution >= 0.6 is 0 Å². The molecule has 0 fully saturated rings. The molecule has 2 aliphatic heterocycles. The first kappa shape index (κ1) is 60.2. The summed E-state index contributed by atoms with van der Waals surface area (Å²) >= 11 is 0. The Balaban J connectivity index is 1.06. The van der Waals surface area contributed by atoms with E-state index in [9.17, 15) is 0 Å². The standard InChI is InChI=1S/C88H90BN3O2/c1-82(2,3)54-27-32-57(33-28-54)90(58-34-29-55(30-35-58)83(4,5)6)59-37-42-72-65(48-59)78-77-62-25-21-22-26-74(62)93-76(77)52-73-79(78)89(92(72)60-36-39-66-67(49-60)86(12,13)44-43-85(66,10)11)70-40-38-61-64-50-68-69(88(16,17)46-45-87(68,14)15)51-75(64)94-81(61)80(70)91(73)71-41-31-56(84(7,8)9)47-63(71)53-23-19-18-20-24-53/h18-42,47-52H,43-46H2,1-17H3. The Morgan fingerprint density at radius 3 is 1.59 bits per heavy atom. The Kier molecular flexibility index (Phi) is 13.1. The third-order valence-electron chi connectivity index (χ3n) is 22.6. The molecular weight excluding hydrogens is 1140 g/mol. The highest BCUT2D eigenvalue weighted by atomic mass is 16.3. The number of para-hydroxylation sites is 1. The Morgan fingerprint density at radius 2 is 0.957 bits per heavy atom. The van der Waals surface area contributed by atoms with Crippen LogP contribution in [0.2, 0.25) is 0 Å². The minimum Gasteiger partial charge on any atom is -0.456 e. The zero-order chi connectivity index (χ0) is 65.7. The summed E-state index contributed by atoms with van der Waals surface area (Å²) in [4.78, 5) is 7.81. The average Bonchev–Trinajstić information content (AvgIpc) is 1.17. The van der Waals surface area contributed by atoms with Crippen LogP contribution in [0.1, 0.15) is 182 Å². The number of rotatable bonds is 6. The van der Waals surface area contributed by atoms with Crippen LogP contribution in [0, 0.1) is 0 Å². The molecule has 0 unspecified atom stereocenters. The molecule has 16 rings (SSSR count). The third-order valence-corrected chi connectivity index (χ3v) is 22.6. The van der Waals surface area contributed by atoms with Gasteiger partial charge in [-0.1, -0.05) is 215 Å². The van der Waals surface area contributed by atoms with Gasteiger partial charge >= 0.3 is 6.85 Å². The summed E-state index contributed by atoms with van der Waals surface area (Å²) in [6.07, 6.45) is 4.50. The Labute approximate surface area is 557 Å². The summed E-state index contributed by atoms with van der Waals surface area (Å²) < 4.78 is 15.1. The van der Waals surface area contributed by atoms with Crippen molar-refractivity contribution in [1.82, 2.24) is 0 Å². The molecule has 12 aromatic rings. The monoisotopic (exact) mass is 1230 g/mol. The first-order valence-corrected chi connectivity index (χ1v) is 34.6. The van der Waals surface area contributed by atoms with Crippen LogP contribution in [-0.2, 0) is 37.9 Å². The lowest BCUT2D eigenvalue weighted by atomic mass is 9.43. The topological polar surface area (TPSA) is 36.0 Å². The van der Waals surface area contributed by atoms with Crippen molar-refractivity contribution < 1.29 is 8.83 Å². The molecule has 0 saturated heterocycles. The van der Waals surface area contributed by atoms with Gasteiger partial charge in [0.2, 0.25) is 0 Å². The highest BCUT2D eigenvalue weighted by Crippen LogP contribution is 2.57. The van der Waals surface area contributed by atoms with E-state index in [1.54, 1.807) is 0 Å². The zero-order valence-electron chi connectivity index (χ0n) is 58.5. The van der Waals surface area contributed by atoms with Crippen molar-refractivity contribution in [3.05, 3.63) is 227 Å². The zero-order valence-corrected chi connectivity index (χ0v) is 58.5. The number of hydrogen-bond donors (Lipinski definition) is 0. The van der Waals surface area contributed by atoms with Crippen LogP contribution in [0.3, 0.4) is 0 Å². The van der Waals surface area contributed by atoms with E-state index in [-0.39, 0.29) is 44.8 Å². The van der Waals surface area contributed by atoms with Crippen molar-refractivity contribution in [3.8, 4) is 22.3 Å². The lowest BCUT2D eigenvalue weighted by molar-refractivity contribution is 0.332. The van der Waals surface area contributed by atoms with E-state index in [4.69, 9.17) is 8.83 Å². The largest absolute Gasteiger partial charge is 0.456 e. The van der Waals surface area contributed by atoms with Gasteiger partial charge in [-0.15, -0.1) is 0 Å². The first-order chi connectivity index (χ1) is 44.5. The molecule has 0 bridgehead atoms. The SMILES string of the molecule is CC(C)(C)c1ccc(N(c2ccc(C(C)(C)C)cc2)c2ccc3c(c2)-c2c4c(cc5oc6ccccc6c25)N(c2ccc(C(C)(C)C)cc2-c2ccccc2)c2c(ccc5c2oc2cc6c(cc25)C(C)(C)CCC6(C)C)B4N3c2ccc3c(c2)C(C)(C)CCC3(C)C)cc1. The van der Waals surface area contributed by atoms with E-state index in [0.717, 1.165) is 126 Å². The third kappa shape index (κ3) is 9.29. The maximum atomic E-state index is 7.77. The smallest absolute Gasteiger partial charge is 0.333 e. The number of anilines is 8. The van der Waals surface area contributed by atoms with Crippen LogP contribution in [0.25, 0.3) is 66.1 Å². The summed E-state index contributed by atoms with van der Waals surface area (Å²) in [6.45, 7) is 40.0. The molecule has 10 aromatic carbocycles. The van der Waals surface area contributed by atoms with E-state index in [0.29, 0.717) is 0 Å². The second kappa shape index (κ2) is 20.4. The van der Waals surface area contributed by atoms with Gasteiger partial charge in [0.25, 0.3) is 0 Å². The maximum absolute atomic E-state index is 7.77. The van der Waals surface area contributed by atoms with E-state index >= 15 is 0 Å². The molecule has 2 aromatic heterocycles. The fourth-order valence-corrected chi connectivity index (χ4v) is 16.7. The summed E-state index contributed by atoms with van der Waals surface area (Å²) in [7, 11) is 0. The van der Waals surface area contributed by atoms with Crippen LogP contribution in [0.4, 0.5) is 45.5 Å². The normalized spacial score (nSPS) is 16.9. The fraction of sp³-hybridized carbons (Fsp3) is 0.318. The number of furan rings is 2. The fourth-order valence-electron chi connectivity index (χ4n) is 16.7. The minimum atomic E-state index is -0.325. The molecule has 6 heteroatoms. The molecule has 0 spiro atoms. The molecule has 472 valence electrons. The Morgan fingerprint density at radius 1 is 0.404 bits per heavy atom. The Hall–Kier alpha value is -8.74. The predicted molar refractivity (Wildman–Crippen MR) is 402 cm³/mol. The van der Waals surface area contributed by atoms with Gasteiger partial charge in [0.1, 0.15) is 16.7 Å². The molecule has 94 heavy (non-hydrogen) atoms. The highest BCUT2D eigenvalue weighted by Gasteiger charge is 2.49. The highest BCUT2D eigenvalue weighted by molar-refractivity contribution is 6.94. The molecule has 0 radical (unpaired) electrons. The van der Waals surface area contributed by atoms with Crippen molar-refractivity contribution in [2.45, 2.75) is 181 Å². The summed E-state index contributed by atoms with van der Waals surface area (Å²) in [5.74, 6) is 0. The van der Waals surface area contributed by atoms with E-state index in [2.05, 4.69) is 320 Å². The van der Waals surface area contributed by atoms with Crippen LogP contribution in [0.15, 0.2) is 197 Å². The predicted octanol–water partition coefficient (Wildman–Crippen LogP) is 23.9. The van der Waals surface area contributed by atoms with Gasteiger partial charge in [-0.05, 0) is 210 Å². The van der Waals surface area contributed by atoms with Gasteiger partial charge in [0.05, 0.1) is 11.4 Å². The molecule has 0 amide bonds. The quantitative estimate of drug-likeness (QED) is 0.155. The van der Waals surface area contributed by atoms with Crippen molar-refractivity contribution >= 4 is 107 Å². The van der Waals surface area contributed by atoms with Gasteiger partial charge < -0.3 is 23.4 Å². The number of benzene rings is 10. The van der Waals surface area contributed by atoms with E-state index in [1.807, 2.05) is 0 Å². The molecule has 4 aliphatic rings. The summed E-state index contributed by atoms with van der Waals surface area (Å²) in [5, 5.41) is 4.51. The van der Waals surface area contributed by atoms with E-state index in [1.165, 1.54) is 61.1 Å². The van der Waals surface area contributed by atoms with Crippen molar-refractivity contribution in [2.75, 3.05) is 14.6 Å². The van der Waals surface area contributed by atoms with Crippen LogP contribution in [-0.4, -0.2) is 6.85 Å². The van der Waals surface area contributed by atoms with Crippen molar-refractivity contribution in [3.63, 3.8) is 0 Å². The second-order valence-electron chi connectivity index (χ2n) is 33.9. The van der Waals surface area contributed by atoms with Gasteiger partial charge in [-0.25, -0.2) is 0 Å². The van der Waals surface area contributed by atoms with Gasteiger partial charge in [0.15, 0.2) is 5.58 Å². The van der Waals surface area contributed by atoms with Crippen molar-refractivity contribution in [1.29, 1.82) is 0 Å². The Bertz CT molecular complexity index is 5030. The second-order valence-corrected chi connectivity index (χ2v) is 33.9. The van der Waals surface area contributed by atoms with Crippen LogP contribution < -0.4 is 25.5 Å². The van der Waals surface area contributed by atoms with Gasteiger partial charge in [-0.3, -0.25) is 0 Å². The van der Waals surface area contributed by atoms with Crippen molar-refractivity contribution in [2.24, 2.45) is 0 Å². The molecule has 2 aliphatic carbocycles. The average molecular weight is 1230 g/mol. The summed E-state index contributed by atoms with van der Waals surface area (Å²) in [6, 6.07) is 72.7. The first-order valence-electron chi connectivity index (χ1n) is 34.6.